The van der Waals surface area contributed by atoms with E-state index in [2.05, 4.69) is 16.7 Å². The second-order valence-corrected chi connectivity index (χ2v) is 8.51. The van der Waals surface area contributed by atoms with Crippen molar-refractivity contribution in [2.24, 2.45) is 0 Å². The van der Waals surface area contributed by atoms with Crippen LogP contribution in [0.1, 0.15) is 22.3 Å². The maximum Gasteiger partial charge on any atom is 0.335 e. The molecule has 0 radical (unpaired) electrons. The fourth-order valence-corrected chi connectivity index (χ4v) is 3.98. The predicted octanol–water partition coefficient (Wildman–Crippen LogP) is 5.78. The van der Waals surface area contributed by atoms with Crippen LogP contribution in [0.15, 0.2) is 121 Å². The molecule has 1 N–H and O–H groups in total. The summed E-state index contributed by atoms with van der Waals surface area (Å²) in [7, 11) is 0. The second kappa shape index (κ2) is 13.1. The van der Waals surface area contributed by atoms with E-state index in [4.69, 9.17) is 4.74 Å². The number of ether oxygens (including phenoxy) is 1. The summed E-state index contributed by atoms with van der Waals surface area (Å²) < 4.78 is 6.05. The number of carbonyl (C=O) groups is 1. The molecule has 4 nitrogen and oxygen atoms in total. The van der Waals surface area contributed by atoms with Gasteiger partial charge in [0.2, 0.25) is 0 Å². The Morgan fingerprint density at radius 2 is 1.14 bits per heavy atom. The molecule has 4 rings (SSSR count). The Kier molecular flexibility index (Phi) is 9.05. The van der Waals surface area contributed by atoms with Crippen LogP contribution in [0.4, 0.5) is 0 Å². The monoisotopic (exact) mass is 475 g/mol. The van der Waals surface area contributed by atoms with E-state index in [0.29, 0.717) is 13.1 Å². The van der Waals surface area contributed by atoms with E-state index < -0.39 is 18.1 Å². The Balaban J connectivity index is 1.71. The Bertz CT molecular complexity index is 1220. The van der Waals surface area contributed by atoms with E-state index in [0.717, 1.165) is 22.3 Å². The highest BCUT2D eigenvalue weighted by Crippen LogP contribution is 2.19. The fraction of sp³-hybridized carbons (Fsp3) is 0.156. The molecular formula is C32H29NO3. The van der Waals surface area contributed by atoms with Gasteiger partial charge in [-0.3, -0.25) is 4.90 Å². The highest BCUT2D eigenvalue weighted by molar-refractivity contribution is 5.74. The number of benzene rings is 4. The molecule has 0 spiro atoms. The van der Waals surface area contributed by atoms with Gasteiger partial charge in [0.25, 0.3) is 0 Å². The Morgan fingerprint density at radius 1 is 0.694 bits per heavy atom. The Morgan fingerprint density at radius 3 is 1.61 bits per heavy atom. The molecule has 0 bridgehead atoms. The van der Waals surface area contributed by atoms with E-state index in [1.807, 2.05) is 121 Å². The molecule has 0 aromatic heterocycles. The molecule has 0 saturated carbocycles. The van der Waals surface area contributed by atoms with Crippen molar-refractivity contribution in [2.75, 3.05) is 0 Å². The van der Waals surface area contributed by atoms with Crippen molar-refractivity contribution in [1.82, 2.24) is 4.90 Å². The van der Waals surface area contributed by atoms with Gasteiger partial charge in [0.15, 0.2) is 6.10 Å². The highest BCUT2D eigenvalue weighted by Gasteiger charge is 2.33. The molecule has 180 valence electrons. The van der Waals surface area contributed by atoms with Gasteiger partial charge >= 0.3 is 5.97 Å². The third-order valence-corrected chi connectivity index (χ3v) is 5.79. The van der Waals surface area contributed by atoms with Crippen molar-refractivity contribution < 1.29 is 14.6 Å². The van der Waals surface area contributed by atoms with Gasteiger partial charge in [-0.2, -0.15) is 0 Å². The molecule has 2 atom stereocenters. The van der Waals surface area contributed by atoms with Crippen molar-refractivity contribution >= 4 is 5.97 Å². The zero-order valence-corrected chi connectivity index (χ0v) is 20.0. The van der Waals surface area contributed by atoms with Crippen LogP contribution >= 0.6 is 0 Å². The fourth-order valence-electron chi connectivity index (χ4n) is 3.98. The van der Waals surface area contributed by atoms with Crippen LogP contribution in [0.25, 0.3) is 0 Å². The minimum absolute atomic E-state index is 0.186. The number of hydrogen-bond donors (Lipinski definition) is 1. The highest BCUT2D eigenvalue weighted by atomic mass is 16.5. The first-order valence-corrected chi connectivity index (χ1v) is 12.0. The minimum atomic E-state index is -1.14. The second-order valence-electron chi connectivity index (χ2n) is 8.51. The molecule has 0 aliphatic heterocycles. The molecular weight excluding hydrogens is 446 g/mol. The maximum atomic E-state index is 12.6. The third kappa shape index (κ3) is 7.41. The lowest BCUT2D eigenvalue weighted by molar-refractivity contribution is -0.155. The quantitative estimate of drug-likeness (QED) is 0.296. The van der Waals surface area contributed by atoms with E-state index >= 15 is 0 Å². The van der Waals surface area contributed by atoms with Crippen LogP contribution in [-0.4, -0.2) is 28.1 Å². The van der Waals surface area contributed by atoms with Gasteiger partial charge in [0.1, 0.15) is 6.04 Å². The molecule has 0 aliphatic rings. The number of rotatable bonds is 10. The maximum absolute atomic E-state index is 12.6. The van der Waals surface area contributed by atoms with Crippen molar-refractivity contribution in [2.45, 2.75) is 31.8 Å². The summed E-state index contributed by atoms with van der Waals surface area (Å²) in [4.78, 5) is 14.7. The van der Waals surface area contributed by atoms with E-state index in [-0.39, 0.29) is 6.61 Å². The van der Waals surface area contributed by atoms with E-state index in [9.17, 15) is 9.90 Å². The molecule has 0 fully saturated rings. The molecule has 4 aromatic carbocycles. The van der Waals surface area contributed by atoms with Crippen LogP contribution in [-0.2, 0) is 29.2 Å². The summed E-state index contributed by atoms with van der Waals surface area (Å²) in [5.41, 5.74) is 3.89. The van der Waals surface area contributed by atoms with Crippen LogP contribution in [0.5, 0.6) is 0 Å². The molecule has 4 aromatic rings. The predicted molar refractivity (Wildman–Crippen MR) is 142 cm³/mol. The standard InChI is InChI=1S/C32H29NO3/c34-32(35)31(36-25-29-19-11-4-12-20-29)30(22-21-26-13-5-1-6-14-26)33(23-27-15-7-2-8-16-27)24-28-17-9-3-10-18-28/h1-20,30-31H,23-25H2,(H,34,35)/t30-,31+/m1/s1. The van der Waals surface area contributed by atoms with E-state index in [1.54, 1.807) is 0 Å². The topological polar surface area (TPSA) is 49.8 Å². The normalized spacial score (nSPS) is 12.4. The first-order valence-electron chi connectivity index (χ1n) is 12.0. The summed E-state index contributed by atoms with van der Waals surface area (Å²) in [6, 6.07) is 38.6. The minimum Gasteiger partial charge on any atom is -0.479 e. The molecule has 4 heteroatoms. The lowest BCUT2D eigenvalue weighted by atomic mass is 10.0. The SMILES string of the molecule is O=C(O)[C@@H](OCc1ccccc1)[C@@H](C#Cc1ccccc1)N(Cc1ccccc1)Cc1ccccc1. The van der Waals surface area contributed by atoms with Crippen LogP contribution in [0.3, 0.4) is 0 Å². The van der Waals surface area contributed by atoms with Crippen LogP contribution in [0.2, 0.25) is 0 Å². The molecule has 36 heavy (non-hydrogen) atoms. The molecule has 0 heterocycles. The molecule has 0 amide bonds. The largest absolute Gasteiger partial charge is 0.479 e. The van der Waals surface area contributed by atoms with Gasteiger partial charge in [0, 0.05) is 18.7 Å². The van der Waals surface area contributed by atoms with Gasteiger partial charge < -0.3 is 9.84 Å². The molecule has 0 aliphatic carbocycles. The Labute approximate surface area is 212 Å². The number of carboxylic acids is 1. The first-order chi connectivity index (χ1) is 17.7. The number of aliphatic carboxylic acids is 1. The van der Waals surface area contributed by atoms with Crippen LogP contribution < -0.4 is 0 Å². The van der Waals surface area contributed by atoms with Crippen molar-refractivity contribution in [3.8, 4) is 11.8 Å². The molecule has 0 saturated heterocycles. The zero-order chi connectivity index (χ0) is 25.0. The summed E-state index contributed by atoms with van der Waals surface area (Å²) in [6.07, 6.45) is -1.14. The average Bonchev–Trinajstić information content (AvgIpc) is 2.92. The number of nitrogens with zero attached hydrogens (tertiary/aromatic N) is 1. The smallest absolute Gasteiger partial charge is 0.335 e. The lowest BCUT2D eigenvalue weighted by Crippen LogP contribution is -2.47. The van der Waals surface area contributed by atoms with Gasteiger partial charge in [-0.05, 0) is 28.8 Å². The number of carboxylic acid groups (broad SMARTS) is 1. The van der Waals surface area contributed by atoms with Crippen molar-refractivity contribution in [1.29, 1.82) is 0 Å². The number of hydrogen-bond acceptors (Lipinski definition) is 3. The van der Waals surface area contributed by atoms with Crippen molar-refractivity contribution in [3.63, 3.8) is 0 Å². The summed E-state index contributed by atoms with van der Waals surface area (Å²) >= 11 is 0. The van der Waals surface area contributed by atoms with E-state index in [1.165, 1.54) is 0 Å². The van der Waals surface area contributed by atoms with Gasteiger partial charge in [-0.1, -0.05) is 121 Å². The van der Waals surface area contributed by atoms with Gasteiger partial charge in [0.05, 0.1) is 6.61 Å². The average molecular weight is 476 g/mol. The zero-order valence-electron chi connectivity index (χ0n) is 20.0. The van der Waals surface area contributed by atoms with Crippen LogP contribution in [0, 0.1) is 11.8 Å². The first kappa shape index (κ1) is 24.9. The van der Waals surface area contributed by atoms with Gasteiger partial charge in [-0.15, -0.1) is 0 Å². The third-order valence-electron chi connectivity index (χ3n) is 5.79. The van der Waals surface area contributed by atoms with Crippen molar-refractivity contribution in [3.05, 3.63) is 144 Å². The Hall–Kier alpha value is -4.17. The summed E-state index contributed by atoms with van der Waals surface area (Å²) in [6.45, 7) is 1.25. The molecule has 0 unspecified atom stereocenters. The lowest BCUT2D eigenvalue weighted by Gasteiger charge is -2.32. The van der Waals surface area contributed by atoms with Gasteiger partial charge in [-0.25, -0.2) is 4.79 Å². The summed E-state index contributed by atoms with van der Waals surface area (Å²) in [5, 5.41) is 10.3. The summed E-state index contributed by atoms with van der Waals surface area (Å²) in [5.74, 6) is 5.42.